The first kappa shape index (κ1) is 15.8. The van der Waals surface area contributed by atoms with E-state index in [-0.39, 0.29) is 0 Å². The molecule has 0 spiro atoms. The summed E-state index contributed by atoms with van der Waals surface area (Å²) >= 11 is 11.6. The highest BCUT2D eigenvalue weighted by Gasteiger charge is 2.10. The van der Waals surface area contributed by atoms with Crippen molar-refractivity contribution in [2.75, 3.05) is 19.5 Å². The lowest BCUT2D eigenvalue weighted by molar-refractivity contribution is 0.255. The van der Waals surface area contributed by atoms with E-state index in [2.05, 4.69) is 31.0 Å². The molecule has 0 aliphatic carbocycles. The molecule has 0 N–H and O–H groups in total. The van der Waals surface area contributed by atoms with Crippen LogP contribution in [0.15, 0.2) is 24.3 Å². The third-order valence-corrected chi connectivity index (χ3v) is 3.93. The summed E-state index contributed by atoms with van der Waals surface area (Å²) in [7, 11) is 2.18. The van der Waals surface area contributed by atoms with E-state index < -0.39 is 0 Å². The van der Waals surface area contributed by atoms with Gasteiger partial charge in [0.25, 0.3) is 0 Å². The lowest BCUT2D eigenvalue weighted by Crippen LogP contribution is -2.23. The van der Waals surface area contributed by atoms with Crippen LogP contribution in [-0.4, -0.2) is 24.4 Å². The molecule has 102 valence electrons. The fourth-order valence-electron chi connectivity index (χ4n) is 2.00. The number of benzene rings is 1. The van der Waals surface area contributed by atoms with Crippen LogP contribution >= 0.6 is 23.2 Å². The van der Waals surface area contributed by atoms with E-state index in [9.17, 15) is 0 Å². The van der Waals surface area contributed by atoms with Crippen LogP contribution in [0.5, 0.6) is 0 Å². The zero-order chi connectivity index (χ0) is 13.4. The van der Waals surface area contributed by atoms with Crippen LogP contribution in [0.2, 0.25) is 5.02 Å². The molecule has 0 saturated carbocycles. The summed E-state index contributed by atoms with van der Waals surface area (Å²) in [5, 5.41) is 0.801. The van der Waals surface area contributed by atoms with E-state index in [0.717, 1.165) is 23.9 Å². The minimum Gasteiger partial charge on any atom is -0.300 e. The molecular formula is C15H23Cl2N. The zero-order valence-electron chi connectivity index (χ0n) is 11.3. The molecule has 0 aliphatic rings. The summed E-state index contributed by atoms with van der Waals surface area (Å²) in [5.74, 6) is 0.789. The zero-order valence-corrected chi connectivity index (χ0v) is 12.8. The Kier molecular flexibility index (Phi) is 7.73. The van der Waals surface area contributed by atoms with Crippen molar-refractivity contribution in [2.45, 2.75) is 38.6 Å². The third-order valence-electron chi connectivity index (χ3n) is 3.41. The lowest BCUT2D eigenvalue weighted by Gasteiger charge is -2.25. The predicted molar refractivity (Wildman–Crippen MR) is 81.7 cm³/mol. The normalized spacial score (nSPS) is 12.9. The maximum Gasteiger partial charge on any atom is 0.0406 e. The lowest BCUT2D eigenvalue weighted by atomic mass is 10.1. The second-order valence-electron chi connectivity index (χ2n) is 4.81. The standard InChI is InChI=1S/C15H23Cl2N/c1-13(14-7-9-15(17)10-8-14)18(2)12-6-4-3-5-11-16/h7-10,13H,3-6,11-12H2,1-2H3. The highest BCUT2D eigenvalue weighted by atomic mass is 35.5. The van der Waals surface area contributed by atoms with Gasteiger partial charge < -0.3 is 0 Å². The maximum absolute atomic E-state index is 5.90. The van der Waals surface area contributed by atoms with E-state index in [1.165, 1.54) is 24.8 Å². The first-order chi connectivity index (χ1) is 8.65. The van der Waals surface area contributed by atoms with Crippen LogP contribution in [0, 0.1) is 0 Å². The van der Waals surface area contributed by atoms with Gasteiger partial charge in [0, 0.05) is 16.9 Å². The molecule has 0 aromatic heterocycles. The number of unbranched alkanes of at least 4 members (excludes halogenated alkanes) is 3. The molecule has 18 heavy (non-hydrogen) atoms. The van der Waals surface area contributed by atoms with E-state index in [0.29, 0.717) is 6.04 Å². The van der Waals surface area contributed by atoms with Gasteiger partial charge in [-0.2, -0.15) is 0 Å². The molecule has 3 heteroatoms. The van der Waals surface area contributed by atoms with Gasteiger partial charge in [0.05, 0.1) is 0 Å². The Bertz CT molecular complexity index is 324. The summed E-state index contributed by atoms with van der Waals surface area (Å²) in [6.07, 6.45) is 4.89. The molecule has 0 bridgehead atoms. The van der Waals surface area contributed by atoms with Gasteiger partial charge in [-0.25, -0.2) is 0 Å². The Hall–Kier alpha value is -0.240. The number of rotatable bonds is 8. The number of hydrogen-bond acceptors (Lipinski definition) is 1. The monoisotopic (exact) mass is 287 g/mol. The maximum atomic E-state index is 5.90. The van der Waals surface area contributed by atoms with E-state index in [4.69, 9.17) is 23.2 Å². The second-order valence-corrected chi connectivity index (χ2v) is 5.63. The Morgan fingerprint density at radius 1 is 1.06 bits per heavy atom. The van der Waals surface area contributed by atoms with Crippen molar-refractivity contribution in [3.05, 3.63) is 34.9 Å². The van der Waals surface area contributed by atoms with Crippen molar-refractivity contribution in [3.8, 4) is 0 Å². The Balaban J connectivity index is 2.32. The molecule has 1 aromatic carbocycles. The molecule has 0 heterocycles. The topological polar surface area (TPSA) is 3.24 Å². The molecule has 0 saturated heterocycles. The summed E-state index contributed by atoms with van der Waals surface area (Å²) in [5.41, 5.74) is 1.32. The molecule has 0 radical (unpaired) electrons. The van der Waals surface area contributed by atoms with Gasteiger partial charge in [0.1, 0.15) is 0 Å². The highest BCUT2D eigenvalue weighted by Crippen LogP contribution is 2.21. The van der Waals surface area contributed by atoms with E-state index >= 15 is 0 Å². The summed E-state index contributed by atoms with van der Waals surface area (Å²) in [6.45, 7) is 3.37. The van der Waals surface area contributed by atoms with E-state index in [1.807, 2.05) is 12.1 Å². The number of halogens is 2. The van der Waals surface area contributed by atoms with Crippen LogP contribution < -0.4 is 0 Å². The summed E-state index contributed by atoms with van der Waals surface area (Å²) in [6, 6.07) is 8.58. The van der Waals surface area contributed by atoms with Gasteiger partial charge >= 0.3 is 0 Å². The van der Waals surface area contributed by atoms with E-state index in [1.54, 1.807) is 0 Å². The van der Waals surface area contributed by atoms with Gasteiger partial charge in [-0.15, -0.1) is 11.6 Å². The van der Waals surface area contributed by atoms with Crippen molar-refractivity contribution >= 4 is 23.2 Å². The average molecular weight is 288 g/mol. The SMILES string of the molecule is CC(c1ccc(Cl)cc1)N(C)CCCCCCCl. The largest absolute Gasteiger partial charge is 0.300 e. The molecule has 0 amide bonds. The third kappa shape index (κ3) is 5.60. The molecule has 1 unspecified atom stereocenters. The fourth-order valence-corrected chi connectivity index (χ4v) is 2.31. The first-order valence-electron chi connectivity index (χ1n) is 6.67. The van der Waals surface area contributed by atoms with Gasteiger partial charge in [-0.3, -0.25) is 4.90 Å². The van der Waals surface area contributed by atoms with Crippen LogP contribution in [-0.2, 0) is 0 Å². The van der Waals surface area contributed by atoms with Crippen molar-refractivity contribution in [3.63, 3.8) is 0 Å². The second kappa shape index (κ2) is 8.79. The fraction of sp³-hybridized carbons (Fsp3) is 0.600. The number of nitrogens with zero attached hydrogens (tertiary/aromatic N) is 1. The molecular weight excluding hydrogens is 265 g/mol. The van der Waals surface area contributed by atoms with Crippen LogP contribution in [0.1, 0.15) is 44.2 Å². The predicted octanol–water partition coefficient (Wildman–Crippen LogP) is 5.13. The van der Waals surface area contributed by atoms with Crippen LogP contribution in [0.3, 0.4) is 0 Å². The van der Waals surface area contributed by atoms with Crippen molar-refractivity contribution < 1.29 is 0 Å². The number of hydrogen-bond donors (Lipinski definition) is 0. The molecule has 1 nitrogen and oxygen atoms in total. The summed E-state index contributed by atoms with van der Waals surface area (Å²) in [4.78, 5) is 2.39. The van der Waals surface area contributed by atoms with Gasteiger partial charge in [-0.05, 0) is 51.1 Å². The molecule has 0 fully saturated rings. The average Bonchev–Trinajstić information content (AvgIpc) is 2.38. The molecule has 1 rings (SSSR count). The van der Waals surface area contributed by atoms with Gasteiger partial charge in [0.2, 0.25) is 0 Å². The van der Waals surface area contributed by atoms with Crippen molar-refractivity contribution in [1.82, 2.24) is 4.90 Å². The Labute approximate surface area is 121 Å². The minimum absolute atomic E-state index is 0.440. The minimum atomic E-state index is 0.440. The molecule has 1 aromatic rings. The molecule has 1 atom stereocenters. The quantitative estimate of drug-likeness (QED) is 0.473. The summed E-state index contributed by atoms with van der Waals surface area (Å²) < 4.78 is 0. The molecule has 0 aliphatic heterocycles. The highest BCUT2D eigenvalue weighted by molar-refractivity contribution is 6.30. The smallest absolute Gasteiger partial charge is 0.0406 e. The Morgan fingerprint density at radius 2 is 1.67 bits per heavy atom. The number of alkyl halides is 1. The van der Waals surface area contributed by atoms with Crippen molar-refractivity contribution in [1.29, 1.82) is 0 Å². The van der Waals surface area contributed by atoms with Gasteiger partial charge in [0.15, 0.2) is 0 Å². The van der Waals surface area contributed by atoms with Crippen LogP contribution in [0.4, 0.5) is 0 Å². The van der Waals surface area contributed by atoms with Crippen LogP contribution in [0.25, 0.3) is 0 Å². The van der Waals surface area contributed by atoms with Gasteiger partial charge in [-0.1, -0.05) is 36.6 Å². The Morgan fingerprint density at radius 3 is 2.28 bits per heavy atom. The van der Waals surface area contributed by atoms with Crippen molar-refractivity contribution in [2.24, 2.45) is 0 Å². The first-order valence-corrected chi connectivity index (χ1v) is 7.58.